The number of fused-ring (bicyclic) bond motifs is 1. The fourth-order valence-electron chi connectivity index (χ4n) is 3.84. The standard InChI is InChI=1S/C25H24N2O4/c1-16-6-5-9-22(17(16)2)27-14-20(13-24(27)29)25(30)31-15-23(28)26-21-11-10-18-7-3-4-8-19(18)12-21/h3-12,20H,13-15H2,1-2H3,(H,26,28)/t20-/m1/s1. The third-order valence-electron chi connectivity index (χ3n) is 5.70. The smallest absolute Gasteiger partial charge is 0.311 e. The molecule has 31 heavy (non-hydrogen) atoms. The highest BCUT2D eigenvalue weighted by Gasteiger charge is 2.37. The molecule has 0 bridgehead atoms. The van der Waals surface area contributed by atoms with Gasteiger partial charge in [-0.3, -0.25) is 14.4 Å². The third kappa shape index (κ3) is 4.43. The first kappa shape index (κ1) is 20.6. The summed E-state index contributed by atoms with van der Waals surface area (Å²) in [6.45, 7) is 3.81. The summed E-state index contributed by atoms with van der Waals surface area (Å²) in [5, 5.41) is 4.83. The average Bonchev–Trinajstić information content (AvgIpc) is 3.15. The van der Waals surface area contributed by atoms with Crippen molar-refractivity contribution < 1.29 is 19.1 Å². The van der Waals surface area contributed by atoms with Gasteiger partial charge in [0.05, 0.1) is 5.92 Å². The van der Waals surface area contributed by atoms with Crippen LogP contribution in [0.15, 0.2) is 60.7 Å². The zero-order valence-corrected chi connectivity index (χ0v) is 17.6. The molecule has 3 aromatic carbocycles. The van der Waals surface area contributed by atoms with Crippen LogP contribution >= 0.6 is 0 Å². The van der Waals surface area contributed by atoms with Crippen molar-refractivity contribution in [3.8, 4) is 0 Å². The van der Waals surface area contributed by atoms with E-state index in [0.29, 0.717) is 5.69 Å². The SMILES string of the molecule is Cc1cccc(N2C[C@H](C(=O)OCC(=O)Nc3ccc4ccccc4c3)CC2=O)c1C. The lowest BCUT2D eigenvalue weighted by atomic mass is 10.1. The Kier molecular flexibility index (Phi) is 5.71. The fraction of sp³-hybridized carbons (Fsp3) is 0.240. The molecule has 158 valence electrons. The Bertz CT molecular complexity index is 1170. The molecule has 1 atom stereocenters. The van der Waals surface area contributed by atoms with Gasteiger partial charge in [0.15, 0.2) is 6.61 Å². The van der Waals surface area contributed by atoms with E-state index in [0.717, 1.165) is 27.6 Å². The predicted octanol–water partition coefficient (Wildman–Crippen LogP) is 3.99. The molecular weight excluding hydrogens is 392 g/mol. The van der Waals surface area contributed by atoms with Gasteiger partial charge in [0, 0.05) is 24.3 Å². The fourth-order valence-corrected chi connectivity index (χ4v) is 3.84. The van der Waals surface area contributed by atoms with Gasteiger partial charge in [-0.2, -0.15) is 0 Å². The Morgan fingerprint density at radius 3 is 2.61 bits per heavy atom. The Morgan fingerprint density at radius 1 is 1.03 bits per heavy atom. The van der Waals surface area contributed by atoms with Gasteiger partial charge >= 0.3 is 5.97 Å². The van der Waals surface area contributed by atoms with Gasteiger partial charge < -0.3 is 15.0 Å². The minimum Gasteiger partial charge on any atom is -0.455 e. The Morgan fingerprint density at radius 2 is 1.81 bits per heavy atom. The highest BCUT2D eigenvalue weighted by Crippen LogP contribution is 2.30. The largest absolute Gasteiger partial charge is 0.455 e. The quantitative estimate of drug-likeness (QED) is 0.638. The van der Waals surface area contributed by atoms with Gasteiger partial charge in [-0.25, -0.2) is 0 Å². The second-order valence-electron chi connectivity index (χ2n) is 7.84. The van der Waals surface area contributed by atoms with E-state index < -0.39 is 17.8 Å². The number of nitrogens with zero attached hydrogens (tertiary/aromatic N) is 1. The molecule has 6 heteroatoms. The monoisotopic (exact) mass is 416 g/mol. The van der Waals surface area contributed by atoms with Crippen LogP contribution in [0.4, 0.5) is 11.4 Å². The summed E-state index contributed by atoms with van der Waals surface area (Å²) in [5.74, 6) is -1.65. The topological polar surface area (TPSA) is 75.7 Å². The van der Waals surface area contributed by atoms with Gasteiger partial charge in [-0.15, -0.1) is 0 Å². The van der Waals surface area contributed by atoms with Gasteiger partial charge in [0.1, 0.15) is 0 Å². The van der Waals surface area contributed by atoms with Crippen LogP contribution in [0, 0.1) is 19.8 Å². The summed E-state index contributed by atoms with van der Waals surface area (Å²) in [6.07, 6.45) is 0.0819. The second-order valence-corrected chi connectivity index (χ2v) is 7.84. The van der Waals surface area contributed by atoms with E-state index in [4.69, 9.17) is 4.74 Å². The lowest BCUT2D eigenvalue weighted by Crippen LogP contribution is -2.28. The summed E-state index contributed by atoms with van der Waals surface area (Å²) >= 11 is 0. The minimum atomic E-state index is -0.583. The molecule has 1 fully saturated rings. The van der Waals surface area contributed by atoms with Crippen LogP contribution in [0.2, 0.25) is 0 Å². The van der Waals surface area contributed by atoms with E-state index in [1.165, 1.54) is 0 Å². The number of nitrogens with one attached hydrogen (secondary N) is 1. The second kappa shape index (κ2) is 8.60. The molecule has 2 amide bonds. The summed E-state index contributed by atoms with van der Waals surface area (Å²) in [4.78, 5) is 38.8. The highest BCUT2D eigenvalue weighted by atomic mass is 16.5. The maximum atomic E-state index is 12.5. The van der Waals surface area contributed by atoms with Crippen LogP contribution in [-0.4, -0.2) is 30.9 Å². The molecule has 3 aromatic rings. The first-order valence-electron chi connectivity index (χ1n) is 10.2. The van der Waals surface area contributed by atoms with E-state index in [2.05, 4.69) is 5.32 Å². The maximum Gasteiger partial charge on any atom is 0.311 e. The van der Waals surface area contributed by atoms with Crippen molar-refractivity contribution in [3.63, 3.8) is 0 Å². The molecule has 0 aromatic heterocycles. The maximum absolute atomic E-state index is 12.5. The number of benzene rings is 3. The lowest BCUT2D eigenvalue weighted by Gasteiger charge is -2.20. The molecule has 4 rings (SSSR count). The number of rotatable bonds is 5. The lowest BCUT2D eigenvalue weighted by molar-refractivity contribution is -0.151. The Labute approximate surface area is 180 Å². The number of aryl methyl sites for hydroxylation is 1. The van der Waals surface area contributed by atoms with Gasteiger partial charge in [0.2, 0.25) is 5.91 Å². The van der Waals surface area contributed by atoms with Gasteiger partial charge in [0.25, 0.3) is 5.91 Å². The molecule has 1 aliphatic heterocycles. The molecule has 0 unspecified atom stereocenters. The molecule has 1 aliphatic rings. The minimum absolute atomic E-state index is 0.0819. The van der Waals surface area contributed by atoms with Gasteiger partial charge in [-0.1, -0.05) is 42.5 Å². The molecule has 0 radical (unpaired) electrons. The first-order valence-corrected chi connectivity index (χ1v) is 10.2. The van der Waals surface area contributed by atoms with Crippen molar-refractivity contribution in [1.82, 2.24) is 0 Å². The summed E-state index contributed by atoms with van der Waals surface area (Å²) < 4.78 is 5.20. The van der Waals surface area contributed by atoms with E-state index in [1.807, 2.05) is 68.4 Å². The number of ether oxygens (including phenoxy) is 1. The molecular formula is C25H24N2O4. The average molecular weight is 416 g/mol. The predicted molar refractivity (Wildman–Crippen MR) is 120 cm³/mol. The van der Waals surface area contributed by atoms with Crippen LogP contribution in [0.5, 0.6) is 0 Å². The molecule has 0 spiro atoms. The number of carbonyl (C=O) groups is 3. The van der Waals surface area contributed by atoms with E-state index in [1.54, 1.807) is 11.0 Å². The summed E-state index contributed by atoms with van der Waals surface area (Å²) in [5.41, 5.74) is 3.55. The highest BCUT2D eigenvalue weighted by molar-refractivity contribution is 6.01. The molecule has 1 N–H and O–H groups in total. The number of amides is 2. The number of anilines is 2. The number of esters is 1. The van der Waals surface area contributed by atoms with Gasteiger partial charge in [-0.05, 0) is 53.9 Å². The van der Waals surface area contributed by atoms with Crippen LogP contribution in [0.3, 0.4) is 0 Å². The van der Waals surface area contributed by atoms with Crippen LogP contribution in [-0.2, 0) is 19.1 Å². The Balaban J connectivity index is 1.33. The van der Waals surface area contributed by atoms with Crippen molar-refractivity contribution >= 4 is 39.9 Å². The van der Waals surface area contributed by atoms with E-state index >= 15 is 0 Å². The Hall–Kier alpha value is -3.67. The number of carbonyl (C=O) groups excluding carboxylic acids is 3. The van der Waals surface area contributed by atoms with Crippen molar-refractivity contribution in [1.29, 1.82) is 0 Å². The first-order chi connectivity index (χ1) is 14.9. The summed E-state index contributed by atoms with van der Waals surface area (Å²) in [7, 11) is 0. The van der Waals surface area contributed by atoms with Crippen molar-refractivity contribution in [2.24, 2.45) is 5.92 Å². The summed E-state index contributed by atoms with van der Waals surface area (Å²) in [6, 6.07) is 19.2. The molecule has 1 saturated heterocycles. The molecule has 0 saturated carbocycles. The van der Waals surface area contributed by atoms with Crippen molar-refractivity contribution in [2.45, 2.75) is 20.3 Å². The van der Waals surface area contributed by atoms with Crippen LogP contribution in [0.1, 0.15) is 17.5 Å². The van der Waals surface area contributed by atoms with E-state index in [-0.39, 0.29) is 25.5 Å². The zero-order chi connectivity index (χ0) is 22.0. The molecule has 6 nitrogen and oxygen atoms in total. The van der Waals surface area contributed by atoms with Crippen molar-refractivity contribution in [2.75, 3.05) is 23.4 Å². The van der Waals surface area contributed by atoms with Crippen LogP contribution in [0.25, 0.3) is 10.8 Å². The molecule has 1 heterocycles. The van der Waals surface area contributed by atoms with Crippen molar-refractivity contribution in [3.05, 3.63) is 71.8 Å². The normalized spacial score (nSPS) is 15.9. The number of hydrogen-bond acceptors (Lipinski definition) is 4. The molecule has 0 aliphatic carbocycles. The van der Waals surface area contributed by atoms with E-state index in [9.17, 15) is 14.4 Å². The number of hydrogen-bond donors (Lipinski definition) is 1. The zero-order valence-electron chi connectivity index (χ0n) is 17.6. The van der Waals surface area contributed by atoms with Crippen LogP contribution < -0.4 is 10.2 Å². The third-order valence-corrected chi connectivity index (χ3v) is 5.70.